The van der Waals surface area contributed by atoms with Crippen LogP contribution in [0.25, 0.3) is 11.4 Å². The molecule has 3 rings (SSSR count). The molecule has 1 aromatic heterocycles. The number of hydrogen-bond acceptors (Lipinski definition) is 7. The zero-order valence-electron chi connectivity index (χ0n) is 13.0. The summed E-state index contributed by atoms with van der Waals surface area (Å²) in [5.41, 5.74) is 1.60. The van der Waals surface area contributed by atoms with Gasteiger partial charge in [0.1, 0.15) is 6.61 Å². The number of hydrogen-bond donors (Lipinski definition) is 1. The number of H-pyrrole nitrogens is 1. The fourth-order valence-corrected chi connectivity index (χ4v) is 2.90. The summed E-state index contributed by atoms with van der Waals surface area (Å²) < 4.78 is 12.1. The van der Waals surface area contributed by atoms with Gasteiger partial charge in [-0.2, -0.15) is 5.21 Å². The molecule has 9 nitrogen and oxygen atoms in total. The number of non-ortho nitro benzene ring substituents is 1. The average Bonchev–Trinajstić information content (AvgIpc) is 3.15. The lowest BCUT2D eigenvalue weighted by Crippen LogP contribution is -2.00. The molecule has 0 atom stereocenters. The number of halogens is 1. The Hall–Kier alpha value is -2.76. The molecule has 0 aliphatic rings. The number of tetrazole rings is 1. The lowest BCUT2D eigenvalue weighted by Gasteiger charge is -2.13. The molecule has 1 N–H and O–H groups in total. The van der Waals surface area contributed by atoms with Crippen LogP contribution in [0.2, 0.25) is 0 Å². The summed E-state index contributed by atoms with van der Waals surface area (Å²) in [4.78, 5) is 10.3. The van der Waals surface area contributed by atoms with Crippen LogP contribution in [0.3, 0.4) is 0 Å². The minimum atomic E-state index is -0.437. The van der Waals surface area contributed by atoms with Crippen LogP contribution in [0.4, 0.5) is 5.69 Å². The van der Waals surface area contributed by atoms with Gasteiger partial charge in [0.25, 0.3) is 5.69 Å². The summed E-state index contributed by atoms with van der Waals surface area (Å²) in [6.45, 7) is 0.256. The first-order chi connectivity index (χ1) is 12.1. The Morgan fingerprint density at radius 1 is 1.28 bits per heavy atom. The molecule has 0 aliphatic heterocycles. The molecule has 0 radical (unpaired) electrons. The predicted molar refractivity (Wildman–Crippen MR) is 96.3 cm³/mol. The van der Waals surface area contributed by atoms with E-state index in [0.29, 0.717) is 17.3 Å². The molecule has 0 spiro atoms. The summed E-state index contributed by atoms with van der Waals surface area (Å²) in [7, 11) is 1.55. The van der Waals surface area contributed by atoms with Gasteiger partial charge in [0.2, 0.25) is 5.82 Å². The molecule has 25 heavy (non-hydrogen) atoms. The van der Waals surface area contributed by atoms with Gasteiger partial charge >= 0.3 is 0 Å². The molecule has 128 valence electrons. The first-order valence-electron chi connectivity index (χ1n) is 7.06. The van der Waals surface area contributed by atoms with Crippen molar-refractivity contribution >= 4 is 28.3 Å². The van der Waals surface area contributed by atoms with Crippen molar-refractivity contribution < 1.29 is 14.4 Å². The fourth-order valence-electron chi connectivity index (χ4n) is 2.14. The molecule has 0 bridgehead atoms. The van der Waals surface area contributed by atoms with Crippen LogP contribution in [-0.4, -0.2) is 32.7 Å². The number of nitrogens with zero attached hydrogens (tertiary/aromatic N) is 4. The maximum absolute atomic E-state index is 10.7. The van der Waals surface area contributed by atoms with Crippen molar-refractivity contribution in [2.24, 2.45) is 0 Å². The van der Waals surface area contributed by atoms with E-state index < -0.39 is 4.92 Å². The van der Waals surface area contributed by atoms with E-state index in [9.17, 15) is 10.1 Å². The molecule has 0 unspecified atom stereocenters. The lowest BCUT2D eigenvalue weighted by atomic mass is 10.2. The zero-order chi connectivity index (χ0) is 17.8. The largest absolute Gasteiger partial charge is 0.493 e. The number of benzene rings is 2. The van der Waals surface area contributed by atoms with Gasteiger partial charge in [-0.05, 0) is 57.6 Å². The standard InChI is InChI=1S/C15H12IN5O4/c1-24-13-7-10(15-17-19-20-18-15)6-12(16)14(13)25-8-9-2-4-11(5-3-9)21(22)23/h2-7H,8H2,1H3,(H,17,18,19,20). The van der Waals surface area contributed by atoms with E-state index in [1.165, 1.54) is 12.1 Å². The topological polar surface area (TPSA) is 116 Å². The molecular formula is C15H12IN5O4. The highest BCUT2D eigenvalue weighted by molar-refractivity contribution is 14.1. The Balaban J connectivity index is 1.81. The van der Waals surface area contributed by atoms with E-state index >= 15 is 0 Å². The minimum absolute atomic E-state index is 0.0420. The molecule has 2 aromatic carbocycles. The van der Waals surface area contributed by atoms with Crippen molar-refractivity contribution in [1.82, 2.24) is 20.6 Å². The SMILES string of the molecule is COc1cc(-c2nn[nH]n2)cc(I)c1OCc1ccc([N+](=O)[O-])cc1. The molecule has 0 aliphatic carbocycles. The maximum atomic E-state index is 10.7. The molecule has 0 saturated carbocycles. The minimum Gasteiger partial charge on any atom is -0.493 e. The number of methoxy groups -OCH3 is 1. The molecule has 0 saturated heterocycles. The summed E-state index contributed by atoms with van der Waals surface area (Å²) in [5.74, 6) is 1.57. The highest BCUT2D eigenvalue weighted by atomic mass is 127. The van der Waals surface area contributed by atoms with Crippen LogP contribution in [0.15, 0.2) is 36.4 Å². The summed E-state index contributed by atoms with van der Waals surface area (Å²) in [5, 5.41) is 24.5. The van der Waals surface area contributed by atoms with Gasteiger partial charge in [-0.15, -0.1) is 10.2 Å². The van der Waals surface area contributed by atoms with Gasteiger partial charge in [-0.1, -0.05) is 0 Å². The maximum Gasteiger partial charge on any atom is 0.269 e. The van der Waals surface area contributed by atoms with E-state index in [-0.39, 0.29) is 12.3 Å². The quantitative estimate of drug-likeness (QED) is 0.347. The number of aromatic nitrogens is 4. The van der Waals surface area contributed by atoms with Gasteiger partial charge in [-0.25, -0.2) is 0 Å². The lowest BCUT2D eigenvalue weighted by molar-refractivity contribution is -0.384. The zero-order valence-corrected chi connectivity index (χ0v) is 15.1. The van der Waals surface area contributed by atoms with E-state index in [0.717, 1.165) is 14.7 Å². The second-order valence-corrected chi connectivity index (χ2v) is 6.10. The van der Waals surface area contributed by atoms with E-state index in [1.807, 2.05) is 6.07 Å². The number of ether oxygens (including phenoxy) is 2. The van der Waals surface area contributed by atoms with Gasteiger partial charge < -0.3 is 9.47 Å². The first-order valence-corrected chi connectivity index (χ1v) is 8.14. The molecular weight excluding hydrogens is 441 g/mol. The Morgan fingerprint density at radius 3 is 2.64 bits per heavy atom. The van der Waals surface area contributed by atoms with E-state index in [4.69, 9.17) is 9.47 Å². The average molecular weight is 453 g/mol. The van der Waals surface area contributed by atoms with E-state index in [1.54, 1.807) is 25.3 Å². The van der Waals surface area contributed by atoms with E-state index in [2.05, 4.69) is 43.2 Å². The number of nitro benzene ring substituents is 1. The van der Waals surface area contributed by atoms with Crippen molar-refractivity contribution in [3.05, 3.63) is 55.6 Å². The van der Waals surface area contributed by atoms with Crippen molar-refractivity contribution in [3.8, 4) is 22.9 Å². The number of aromatic amines is 1. The Kier molecular flexibility index (Phi) is 5.07. The van der Waals surface area contributed by atoms with Crippen molar-refractivity contribution in [2.45, 2.75) is 6.61 Å². The van der Waals surface area contributed by atoms with Crippen molar-refractivity contribution in [2.75, 3.05) is 7.11 Å². The second-order valence-electron chi connectivity index (χ2n) is 4.94. The number of nitrogens with one attached hydrogen (secondary N) is 1. The smallest absolute Gasteiger partial charge is 0.269 e. The second kappa shape index (κ2) is 7.42. The number of nitro groups is 1. The molecule has 10 heteroatoms. The van der Waals surface area contributed by atoms with Crippen LogP contribution in [0.1, 0.15) is 5.56 Å². The summed E-state index contributed by atoms with van der Waals surface area (Å²) >= 11 is 2.14. The Morgan fingerprint density at radius 2 is 2.04 bits per heavy atom. The highest BCUT2D eigenvalue weighted by Gasteiger charge is 2.15. The predicted octanol–water partition coefficient (Wildman–Crippen LogP) is 2.97. The fraction of sp³-hybridized carbons (Fsp3) is 0.133. The third-order valence-corrected chi connectivity index (χ3v) is 4.16. The third kappa shape index (κ3) is 3.84. The Bertz CT molecular complexity index is 884. The van der Waals surface area contributed by atoms with Crippen LogP contribution >= 0.6 is 22.6 Å². The van der Waals surface area contributed by atoms with Crippen molar-refractivity contribution in [1.29, 1.82) is 0 Å². The first kappa shape index (κ1) is 17.1. The third-order valence-electron chi connectivity index (χ3n) is 3.36. The summed E-state index contributed by atoms with van der Waals surface area (Å²) in [6, 6.07) is 9.83. The molecule has 0 fully saturated rings. The molecule has 3 aromatic rings. The number of rotatable bonds is 6. The Labute approximate surface area is 155 Å². The monoisotopic (exact) mass is 453 g/mol. The van der Waals surface area contributed by atoms with Crippen LogP contribution in [-0.2, 0) is 6.61 Å². The van der Waals surface area contributed by atoms with Gasteiger partial charge in [0.15, 0.2) is 11.5 Å². The summed E-state index contributed by atoms with van der Waals surface area (Å²) in [6.07, 6.45) is 0. The van der Waals surface area contributed by atoms with Crippen LogP contribution in [0, 0.1) is 13.7 Å². The molecule has 1 heterocycles. The normalized spacial score (nSPS) is 10.5. The van der Waals surface area contributed by atoms with Crippen molar-refractivity contribution in [3.63, 3.8) is 0 Å². The molecule has 0 amide bonds. The highest BCUT2D eigenvalue weighted by Crippen LogP contribution is 2.36. The van der Waals surface area contributed by atoms with Crippen LogP contribution in [0.5, 0.6) is 11.5 Å². The van der Waals surface area contributed by atoms with Gasteiger partial charge in [0, 0.05) is 17.7 Å². The van der Waals surface area contributed by atoms with Crippen LogP contribution < -0.4 is 9.47 Å². The van der Waals surface area contributed by atoms with Gasteiger partial charge in [0.05, 0.1) is 15.6 Å². The van der Waals surface area contributed by atoms with Gasteiger partial charge in [-0.3, -0.25) is 10.1 Å².